The Morgan fingerprint density at radius 1 is 1.38 bits per heavy atom. The summed E-state index contributed by atoms with van der Waals surface area (Å²) in [6.07, 6.45) is 1.13. The van der Waals surface area contributed by atoms with E-state index in [4.69, 9.17) is 17.3 Å². The molecule has 0 atom stereocenters. The van der Waals surface area contributed by atoms with Gasteiger partial charge < -0.3 is 5.73 Å². The first kappa shape index (κ1) is 10.3. The Bertz CT molecular complexity index is 440. The van der Waals surface area contributed by atoms with Gasteiger partial charge >= 0.3 is 0 Å². The number of hydrogen-bond acceptors (Lipinski definition) is 3. The summed E-state index contributed by atoms with van der Waals surface area (Å²) in [4.78, 5) is 0.192. The summed E-state index contributed by atoms with van der Waals surface area (Å²) in [5.41, 5.74) is 6.37. The zero-order valence-electron chi connectivity index (χ0n) is 7.33. The monoisotopic (exact) mass is 219 g/mol. The average molecular weight is 220 g/mol. The Morgan fingerprint density at radius 2 is 1.92 bits per heavy atom. The maximum Gasteiger partial charge on any atom is 0.175 e. The van der Waals surface area contributed by atoms with E-state index in [9.17, 15) is 8.42 Å². The van der Waals surface area contributed by atoms with Crippen molar-refractivity contribution in [1.29, 1.82) is 0 Å². The fraction of sp³-hybridized carbons (Fsp3) is 0.250. The first-order valence-electron chi connectivity index (χ1n) is 3.58. The van der Waals surface area contributed by atoms with Gasteiger partial charge in [0.2, 0.25) is 0 Å². The maximum absolute atomic E-state index is 11.2. The largest absolute Gasteiger partial charge is 0.399 e. The lowest BCUT2D eigenvalue weighted by Gasteiger charge is -2.06. The molecule has 0 saturated heterocycles. The average Bonchev–Trinajstić information content (AvgIpc) is 1.94. The van der Waals surface area contributed by atoms with Gasteiger partial charge in [0.15, 0.2) is 9.84 Å². The molecule has 72 valence electrons. The molecule has 0 bridgehead atoms. The minimum Gasteiger partial charge on any atom is -0.399 e. The summed E-state index contributed by atoms with van der Waals surface area (Å²) in [5, 5.41) is 0.375. The van der Waals surface area contributed by atoms with E-state index in [2.05, 4.69) is 0 Å². The zero-order valence-corrected chi connectivity index (χ0v) is 8.91. The molecule has 0 aliphatic carbocycles. The summed E-state index contributed by atoms with van der Waals surface area (Å²) >= 11 is 5.78. The summed E-state index contributed by atoms with van der Waals surface area (Å²) in [6.45, 7) is 1.65. The Balaban J connectivity index is 3.56. The molecule has 5 heteroatoms. The molecular formula is C8H10ClNO2S. The van der Waals surface area contributed by atoms with Crippen molar-refractivity contribution in [3.63, 3.8) is 0 Å². The quantitative estimate of drug-likeness (QED) is 0.731. The van der Waals surface area contributed by atoms with Crippen molar-refractivity contribution in [2.24, 2.45) is 0 Å². The fourth-order valence-electron chi connectivity index (χ4n) is 1.06. The van der Waals surface area contributed by atoms with Crippen LogP contribution < -0.4 is 5.73 Å². The van der Waals surface area contributed by atoms with E-state index in [-0.39, 0.29) is 4.90 Å². The molecule has 0 heterocycles. The van der Waals surface area contributed by atoms with Crippen molar-refractivity contribution in [2.75, 3.05) is 12.0 Å². The molecule has 0 amide bonds. The number of hydrogen-bond donors (Lipinski definition) is 1. The fourth-order valence-corrected chi connectivity index (χ4v) is 2.36. The van der Waals surface area contributed by atoms with Gasteiger partial charge in [0.25, 0.3) is 0 Å². The molecule has 0 aliphatic heterocycles. The highest BCUT2D eigenvalue weighted by molar-refractivity contribution is 7.90. The van der Waals surface area contributed by atoms with Crippen LogP contribution in [0.3, 0.4) is 0 Å². The Kier molecular flexibility index (Phi) is 2.54. The molecule has 1 aromatic carbocycles. The van der Waals surface area contributed by atoms with Crippen LogP contribution in [0, 0.1) is 6.92 Å². The number of nitrogens with two attached hydrogens (primary N) is 1. The molecular weight excluding hydrogens is 210 g/mol. The van der Waals surface area contributed by atoms with Gasteiger partial charge in [-0.3, -0.25) is 0 Å². The third kappa shape index (κ3) is 2.14. The molecule has 13 heavy (non-hydrogen) atoms. The lowest BCUT2D eigenvalue weighted by molar-refractivity contribution is 0.601. The predicted molar refractivity (Wildman–Crippen MR) is 53.7 cm³/mol. The highest BCUT2D eigenvalue weighted by Crippen LogP contribution is 2.26. The van der Waals surface area contributed by atoms with Crippen molar-refractivity contribution in [2.45, 2.75) is 11.8 Å². The van der Waals surface area contributed by atoms with Gasteiger partial charge in [-0.25, -0.2) is 8.42 Å². The summed E-state index contributed by atoms with van der Waals surface area (Å²) in [5.74, 6) is 0. The van der Waals surface area contributed by atoms with Crippen LogP contribution >= 0.6 is 11.6 Å². The molecule has 3 nitrogen and oxygen atoms in total. The van der Waals surface area contributed by atoms with Crippen molar-refractivity contribution < 1.29 is 8.42 Å². The first-order valence-corrected chi connectivity index (χ1v) is 5.85. The van der Waals surface area contributed by atoms with E-state index in [1.165, 1.54) is 12.1 Å². The SMILES string of the molecule is Cc1c(Cl)cc(N)cc1S(C)(=O)=O. The van der Waals surface area contributed by atoms with Crippen LogP contribution in [0.15, 0.2) is 17.0 Å². The lowest BCUT2D eigenvalue weighted by Crippen LogP contribution is -2.02. The van der Waals surface area contributed by atoms with Gasteiger partial charge in [-0.05, 0) is 24.6 Å². The second kappa shape index (κ2) is 3.20. The minimum atomic E-state index is -3.24. The van der Waals surface area contributed by atoms with Crippen LogP contribution in [-0.4, -0.2) is 14.7 Å². The van der Waals surface area contributed by atoms with Crippen molar-refractivity contribution >= 4 is 27.1 Å². The minimum absolute atomic E-state index is 0.192. The summed E-state index contributed by atoms with van der Waals surface area (Å²) < 4.78 is 22.5. The van der Waals surface area contributed by atoms with E-state index >= 15 is 0 Å². The predicted octanol–water partition coefficient (Wildman–Crippen LogP) is 1.63. The second-order valence-corrected chi connectivity index (χ2v) is 5.29. The second-order valence-electron chi connectivity index (χ2n) is 2.90. The normalized spacial score (nSPS) is 11.6. The van der Waals surface area contributed by atoms with Gasteiger partial charge in [-0.15, -0.1) is 0 Å². The smallest absolute Gasteiger partial charge is 0.175 e. The molecule has 0 spiro atoms. The van der Waals surface area contributed by atoms with Crippen molar-refractivity contribution in [1.82, 2.24) is 0 Å². The Hall–Kier alpha value is -0.740. The summed E-state index contributed by atoms with van der Waals surface area (Å²) in [6, 6.07) is 2.95. The van der Waals surface area contributed by atoms with Crippen LogP contribution in [0.4, 0.5) is 5.69 Å². The van der Waals surface area contributed by atoms with E-state index < -0.39 is 9.84 Å². The summed E-state index contributed by atoms with van der Waals surface area (Å²) in [7, 11) is -3.24. The molecule has 0 unspecified atom stereocenters. The number of benzene rings is 1. The molecule has 1 rings (SSSR count). The number of sulfone groups is 1. The molecule has 0 radical (unpaired) electrons. The van der Waals surface area contributed by atoms with Gasteiger partial charge in [0, 0.05) is 17.0 Å². The van der Waals surface area contributed by atoms with Gasteiger partial charge in [0.05, 0.1) is 4.90 Å². The standard InChI is InChI=1S/C8H10ClNO2S/c1-5-7(9)3-6(10)4-8(5)13(2,11)12/h3-4H,10H2,1-2H3. The van der Waals surface area contributed by atoms with Gasteiger partial charge in [-0.2, -0.15) is 0 Å². The third-order valence-electron chi connectivity index (χ3n) is 1.72. The highest BCUT2D eigenvalue weighted by atomic mass is 35.5. The molecule has 0 aliphatic rings. The molecule has 0 fully saturated rings. The molecule has 1 aromatic rings. The Morgan fingerprint density at radius 3 is 2.38 bits per heavy atom. The van der Waals surface area contributed by atoms with Gasteiger partial charge in [0.1, 0.15) is 0 Å². The Labute approximate surface area is 82.4 Å². The van der Waals surface area contributed by atoms with Crippen molar-refractivity contribution in [3.8, 4) is 0 Å². The van der Waals surface area contributed by atoms with Crippen LogP contribution in [0.1, 0.15) is 5.56 Å². The number of nitrogen functional groups attached to an aromatic ring is 1. The zero-order chi connectivity index (χ0) is 10.2. The van der Waals surface area contributed by atoms with Crippen LogP contribution in [-0.2, 0) is 9.84 Å². The van der Waals surface area contributed by atoms with Gasteiger partial charge in [-0.1, -0.05) is 11.6 Å². The molecule has 2 N–H and O–H groups in total. The van der Waals surface area contributed by atoms with Crippen LogP contribution in [0.2, 0.25) is 5.02 Å². The van der Waals surface area contributed by atoms with Crippen LogP contribution in [0.25, 0.3) is 0 Å². The number of rotatable bonds is 1. The van der Waals surface area contributed by atoms with Crippen molar-refractivity contribution in [3.05, 3.63) is 22.7 Å². The van der Waals surface area contributed by atoms with E-state index in [0.29, 0.717) is 16.3 Å². The maximum atomic E-state index is 11.2. The number of halogens is 1. The number of anilines is 1. The van der Waals surface area contributed by atoms with Crippen LogP contribution in [0.5, 0.6) is 0 Å². The third-order valence-corrected chi connectivity index (χ3v) is 3.33. The highest BCUT2D eigenvalue weighted by Gasteiger charge is 2.13. The van der Waals surface area contributed by atoms with E-state index in [1.807, 2.05) is 0 Å². The van der Waals surface area contributed by atoms with E-state index in [1.54, 1.807) is 6.92 Å². The van der Waals surface area contributed by atoms with E-state index in [0.717, 1.165) is 6.26 Å². The lowest BCUT2D eigenvalue weighted by atomic mass is 10.2. The molecule has 0 saturated carbocycles. The topological polar surface area (TPSA) is 60.2 Å². The molecule has 0 aromatic heterocycles. The first-order chi connectivity index (χ1) is 5.82.